The van der Waals surface area contributed by atoms with E-state index in [0.717, 1.165) is 25.0 Å². The molecule has 3 aromatic rings. The van der Waals surface area contributed by atoms with Crippen molar-refractivity contribution in [1.82, 2.24) is 20.0 Å². The Balaban J connectivity index is 1.52. The van der Waals surface area contributed by atoms with Crippen molar-refractivity contribution < 1.29 is 4.79 Å². The van der Waals surface area contributed by atoms with E-state index in [1.54, 1.807) is 13.1 Å². The highest BCUT2D eigenvalue weighted by Gasteiger charge is 2.47. The molecule has 0 saturated carbocycles. The molecule has 6 nitrogen and oxygen atoms in total. The summed E-state index contributed by atoms with van der Waals surface area (Å²) in [5.41, 5.74) is 2.98. The van der Waals surface area contributed by atoms with Gasteiger partial charge in [0.25, 0.3) is 5.56 Å². The smallest absolute Gasteiger partial charge is 0.274 e. The van der Waals surface area contributed by atoms with Gasteiger partial charge < -0.3 is 10.2 Å². The maximum atomic E-state index is 13.6. The topological polar surface area (TPSA) is 67.2 Å². The van der Waals surface area contributed by atoms with E-state index in [4.69, 9.17) is 0 Å². The van der Waals surface area contributed by atoms with Gasteiger partial charge in [-0.3, -0.25) is 9.59 Å². The SMILES string of the molecule is Cc1ccccc1[C@H]1[C@H]2CNC[C@H]2CN1C(=O)Cc1nn(C)c(=O)c2ccccc12. The number of nitrogens with zero attached hydrogens (tertiary/aromatic N) is 3. The van der Waals surface area contributed by atoms with Gasteiger partial charge >= 0.3 is 0 Å². The van der Waals surface area contributed by atoms with Crippen LogP contribution < -0.4 is 10.9 Å². The largest absolute Gasteiger partial charge is 0.335 e. The molecular formula is C24H26N4O2. The zero-order chi connectivity index (χ0) is 20.8. The highest BCUT2D eigenvalue weighted by molar-refractivity contribution is 5.88. The summed E-state index contributed by atoms with van der Waals surface area (Å²) in [6.45, 7) is 4.78. The van der Waals surface area contributed by atoms with Gasteiger partial charge in [0, 0.05) is 38.0 Å². The molecule has 2 aliphatic heterocycles. The number of aryl methyl sites for hydroxylation is 2. The molecule has 1 N–H and O–H groups in total. The van der Waals surface area contributed by atoms with E-state index in [0.29, 0.717) is 22.9 Å². The summed E-state index contributed by atoms with van der Waals surface area (Å²) >= 11 is 0. The molecule has 2 fully saturated rings. The second-order valence-electron chi connectivity index (χ2n) is 8.53. The highest BCUT2D eigenvalue weighted by atomic mass is 16.2. The number of fused-ring (bicyclic) bond motifs is 2. The fourth-order valence-corrected chi connectivity index (χ4v) is 5.25. The first kappa shape index (κ1) is 19.0. The first-order valence-electron chi connectivity index (χ1n) is 10.5. The summed E-state index contributed by atoms with van der Waals surface area (Å²) in [5, 5.41) is 9.32. The van der Waals surface area contributed by atoms with Crippen LogP contribution in [-0.2, 0) is 18.3 Å². The lowest BCUT2D eigenvalue weighted by Crippen LogP contribution is -2.36. The van der Waals surface area contributed by atoms with Crippen molar-refractivity contribution in [3.63, 3.8) is 0 Å². The Bertz CT molecular complexity index is 1190. The Labute approximate surface area is 175 Å². The first-order valence-corrected chi connectivity index (χ1v) is 10.5. The second-order valence-corrected chi connectivity index (χ2v) is 8.53. The van der Waals surface area contributed by atoms with Gasteiger partial charge in [-0.15, -0.1) is 0 Å². The normalized spacial score (nSPS) is 23.1. The lowest BCUT2D eigenvalue weighted by molar-refractivity contribution is -0.132. The van der Waals surface area contributed by atoms with Gasteiger partial charge in [0.05, 0.1) is 23.5 Å². The number of aromatic nitrogens is 2. The van der Waals surface area contributed by atoms with Crippen molar-refractivity contribution in [3.05, 3.63) is 75.7 Å². The molecule has 2 aliphatic rings. The number of rotatable bonds is 3. The molecule has 1 aromatic heterocycles. The van der Waals surface area contributed by atoms with Gasteiger partial charge in [-0.1, -0.05) is 42.5 Å². The Morgan fingerprint density at radius 3 is 2.63 bits per heavy atom. The molecule has 6 heteroatoms. The van der Waals surface area contributed by atoms with Crippen molar-refractivity contribution in [2.75, 3.05) is 19.6 Å². The minimum atomic E-state index is -0.138. The molecule has 1 amide bonds. The quantitative estimate of drug-likeness (QED) is 0.729. The lowest BCUT2D eigenvalue weighted by atomic mass is 9.87. The van der Waals surface area contributed by atoms with Gasteiger partial charge in [-0.05, 0) is 30.0 Å². The van der Waals surface area contributed by atoms with E-state index >= 15 is 0 Å². The fourth-order valence-electron chi connectivity index (χ4n) is 5.25. The van der Waals surface area contributed by atoms with Crippen LogP contribution in [0.25, 0.3) is 10.8 Å². The molecule has 2 aromatic carbocycles. The minimum absolute atomic E-state index is 0.0777. The third-order valence-corrected chi connectivity index (χ3v) is 6.74. The van der Waals surface area contributed by atoms with E-state index in [1.807, 2.05) is 24.3 Å². The van der Waals surface area contributed by atoms with Gasteiger partial charge in [0.2, 0.25) is 5.91 Å². The van der Waals surface area contributed by atoms with Crippen molar-refractivity contribution in [2.24, 2.45) is 18.9 Å². The van der Waals surface area contributed by atoms with Crippen LogP contribution in [0.5, 0.6) is 0 Å². The maximum absolute atomic E-state index is 13.6. The molecule has 0 aliphatic carbocycles. The van der Waals surface area contributed by atoms with Crippen LogP contribution >= 0.6 is 0 Å². The highest BCUT2D eigenvalue weighted by Crippen LogP contribution is 2.43. The average molecular weight is 402 g/mol. The average Bonchev–Trinajstić information content (AvgIpc) is 3.34. The molecule has 5 rings (SSSR count). The van der Waals surface area contributed by atoms with Crippen LogP contribution in [-0.4, -0.2) is 40.2 Å². The van der Waals surface area contributed by atoms with Crippen molar-refractivity contribution in [3.8, 4) is 0 Å². The van der Waals surface area contributed by atoms with Crippen molar-refractivity contribution in [1.29, 1.82) is 0 Å². The van der Waals surface area contributed by atoms with E-state index in [2.05, 4.69) is 40.4 Å². The second kappa shape index (κ2) is 7.36. The first-order chi connectivity index (χ1) is 14.5. The van der Waals surface area contributed by atoms with Crippen LogP contribution in [0, 0.1) is 18.8 Å². The lowest BCUT2D eigenvalue weighted by Gasteiger charge is -2.29. The Kier molecular flexibility index (Phi) is 4.66. The fraction of sp³-hybridized carbons (Fsp3) is 0.375. The number of hydrogen-bond acceptors (Lipinski definition) is 4. The molecule has 0 spiro atoms. The van der Waals surface area contributed by atoms with Crippen LogP contribution in [0.2, 0.25) is 0 Å². The summed E-state index contributed by atoms with van der Waals surface area (Å²) < 4.78 is 1.34. The number of carbonyl (C=O) groups excluding carboxylic acids is 1. The van der Waals surface area contributed by atoms with E-state index in [9.17, 15) is 9.59 Å². The standard InChI is InChI=1S/C24H26N4O2/c1-15-7-3-4-8-17(15)23-20-13-25-12-16(20)14-28(23)22(29)11-21-18-9-5-6-10-19(18)24(30)27(2)26-21/h3-10,16,20,23,25H,11-14H2,1-2H3/t16-,20-,23-/m0/s1. The number of likely N-dealkylation sites (tertiary alicyclic amines) is 1. The minimum Gasteiger partial charge on any atom is -0.335 e. The zero-order valence-corrected chi connectivity index (χ0v) is 17.3. The van der Waals surface area contributed by atoms with Gasteiger partial charge in [0.1, 0.15) is 0 Å². The van der Waals surface area contributed by atoms with Gasteiger partial charge in [0.15, 0.2) is 0 Å². The Morgan fingerprint density at radius 2 is 1.83 bits per heavy atom. The molecule has 2 saturated heterocycles. The third-order valence-electron chi connectivity index (χ3n) is 6.74. The summed E-state index contributed by atoms with van der Waals surface area (Å²) in [6, 6.07) is 15.9. The predicted octanol–water partition coefficient (Wildman–Crippen LogP) is 2.20. The van der Waals surface area contributed by atoms with E-state index in [-0.39, 0.29) is 23.9 Å². The summed E-state index contributed by atoms with van der Waals surface area (Å²) in [7, 11) is 1.64. The molecule has 0 radical (unpaired) electrons. The number of carbonyl (C=O) groups is 1. The van der Waals surface area contributed by atoms with Gasteiger partial charge in [-0.25, -0.2) is 4.68 Å². The van der Waals surface area contributed by atoms with Crippen molar-refractivity contribution in [2.45, 2.75) is 19.4 Å². The molecule has 30 heavy (non-hydrogen) atoms. The monoisotopic (exact) mass is 402 g/mol. The van der Waals surface area contributed by atoms with E-state index in [1.165, 1.54) is 15.8 Å². The molecular weight excluding hydrogens is 376 g/mol. The number of hydrogen-bond donors (Lipinski definition) is 1. The van der Waals surface area contributed by atoms with Crippen LogP contribution in [0.3, 0.4) is 0 Å². The predicted molar refractivity (Wildman–Crippen MR) is 116 cm³/mol. The van der Waals surface area contributed by atoms with E-state index < -0.39 is 0 Å². The van der Waals surface area contributed by atoms with Crippen LogP contribution in [0.4, 0.5) is 0 Å². The summed E-state index contributed by atoms with van der Waals surface area (Å²) in [5.74, 6) is 0.984. The summed E-state index contributed by atoms with van der Waals surface area (Å²) in [6.07, 6.45) is 0.198. The zero-order valence-electron chi connectivity index (χ0n) is 17.3. The van der Waals surface area contributed by atoms with Crippen LogP contribution in [0.15, 0.2) is 53.3 Å². The molecule has 154 valence electrons. The molecule has 0 unspecified atom stereocenters. The maximum Gasteiger partial charge on any atom is 0.274 e. The molecule has 3 atom stereocenters. The third kappa shape index (κ3) is 3.03. The van der Waals surface area contributed by atoms with Crippen LogP contribution in [0.1, 0.15) is 22.9 Å². The van der Waals surface area contributed by atoms with Gasteiger partial charge in [-0.2, -0.15) is 5.10 Å². The number of amides is 1. The number of benzene rings is 2. The molecule has 3 heterocycles. The Hall–Kier alpha value is -2.99. The van der Waals surface area contributed by atoms with Crippen molar-refractivity contribution >= 4 is 16.7 Å². The molecule has 0 bridgehead atoms. The summed E-state index contributed by atoms with van der Waals surface area (Å²) in [4.78, 5) is 28.0. The number of nitrogens with one attached hydrogen (secondary N) is 1. The Morgan fingerprint density at radius 1 is 1.10 bits per heavy atom.